The van der Waals surface area contributed by atoms with Crippen LogP contribution in [0.1, 0.15) is 17.4 Å². The Labute approximate surface area is 115 Å². The first-order valence-electron chi connectivity index (χ1n) is 5.79. The quantitative estimate of drug-likeness (QED) is 0.900. The van der Waals surface area contributed by atoms with Crippen LogP contribution in [0, 0.1) is 0 Å². The Kier molecular flexibility index (Phi) is 3.97. The average Bonchev–Trinajstić information content (AvgIpc) is 2.39. The molecule has 0 fully saturated rings. The number of amides is 1. The number of nitrogens with two attached hydrogens (primary N) is 1. The molecule has 0 aliphatic carbocycles. The number of carbonyl (C=O) groups is 1. The zero-order valence-electron chi connectivity index (χ0n) is 10.4. The third kappa shape index (κ3) is 3.20. The summed E-state index contributed by atoms with van der Waals surface area (Å²) in [4.78, 5) is 19.8. The van der Waals surface area contributed by atoms with E-state index in [2.05, 4.69) is 15.3 Å². The van der Waals surface area contributed by atoms with Gasteiger partial charge in [-0.1, -0.05) is 23.7 Å². The minimum absolute atomic E-state index is 0.0636. The van der Waals surface area contributed by atoms with Crippen molar-refractivity contribution < 1.29 is 4.79 Å². The molecule has 0 saturated heterocycles. The molecule has 19 heavy (non-hydrogen) atoms. The number of rotatable bonds is 3. The van der Waals surface area contributed by atoms with E-state index < -0.39 is 0 Å². The van der Waals surface area contributed by atoms with E-state index in [1.807, 2.05) is 19.1 Å². The lowest BCUT2D eigenvalue weighted by Gasteiger charge is -2.06. The number of aromatic nitrogens is 2. The van der Waals surface area contributed by atoms with Crippen LogP contribution in [0.25, 0.3) is 11.3 Å². The molecule has 1 aromatic heterocycles. The normalized spacial score (nSPS) is 10.2. The first kappa shape index (κ1) is 13.3. The predicted molar refractivity (Wildman–Crippen MR) is 74.9 cm³/mol. The zero-order valence-corrected chi connectivity index (χ0v) is 11.1. The van der Waals surface area contributed by atoms with Crippen LogP contribution in [-0.2, 0) is 0 Å². The van der Waals surface area contributed by atoms with Crippen molar-refractivity contribution in [3.8, 4) is 11.3 Å². The first-order valence-corrected chi connectivity index (χ1v) is 6.16. The van der Waals surface area contributed by atoms with E-state index in [1.165, 1.54) is 0 Å². The number of nitrogens with one attached hydrogen (secondary N) is 1. The number of nitrogens with zero attached hydrogens (tertiary/aromatic N) is 2. The SMILES string of the molecule is CCNC(=O)c1cc(-c2ccc(Cl)cc2)nc(N)n1. The molecular weight excluding hydrogens is 264 g/mol. The van der Waals surface area contributed by atoms with Crippen molar-refractivity contribution in [1.29, 1.82) is 0 Å². The second kappa shape index (κ2) is 5.67. The predicted octanol–water partition coefficient (Wildman–Crippen LogP) is 2.13. The van der Waals surface area contributed by atoms with Gasteiger partial charge >= 0.3 is 0 Å². The van der Waals surface area contributed by atoms with Gasteiger partial charge in [0.1, 0.15) is 5.69 Å². The second-order valence-corrected chi connectivity index (χ2v) is 4.30. The van der Waals surface area contributed by atoms with Crippen molar-refractivity contribution in [2.24, 2.45) is 0 Å². The van der Waals surface area contributed by atoms with E-state index in [0.29, 0.717) is 17.3 Å². The number of anilines is 1. The smallest absolute Gasteiger partial charge is 0.270 e. The van der Waals surface area contributed by atoms with Gasteiger partial charge in [0.15, 0.2) is 0 Å². The zero-order chi connectivity index (χ0) is 13.8. The van der Waals surface area contributed by atoms with Gasteiger partial charge in [0.05, 0.1) is 5.69 Å². The number of hydrogen-bond donors (Lipinski definition) is 2. The molecule has 0 radical (unpaired) electrons. The van der Waals surface area contributed by atoms with Crippen LogP contribution in [0.3, 0.4) is 0 Å². The number of carbonyl (C=O) groups excluding carboxylic acids is 1. The first-order chi connectivity index (χ1) is 9.10. The molecule has 0 bridgehead atoms. The van der Waals surface area contributed by atoms with E-state index in [9.17, 15) is 4.79 Å². The van der Waals surface area contributed by atoms with Gasteiger partial charge < -0.3 is 11.1 Å². The topological polar surface area (TPSA) is 80.9 Å². The lowest BCUT2D eigenvalue weighted by atomic mass is 10.1. The molecular formula is C13H13ClN4O. The molecule has 0 spiro atoms. The van der Waals surface area contributed by atoms with E-state index in [4.69, 9.17) is 17.3 Å². The summed E-state index contributed by atoms with van der Waals surface area (Å²) in [5, 5.41) is 3.30. The van der Waals surface area contributed by atoms with Crippen molar-refractivity contribution >= 4 is 23.5 Å². The van der Waals surface area contributed by atoms with Crippen LogP contribution in [0.2, 0.25) is 5.02 Å². The summed E-state index contributed by atoms with van der Waals surface area (Å²) in [5.74, 6) is -0.208. The van der Waals surface area contributed by atoms with Crippen LogP contribution in [-0.4, -0.2) is 22.4 Å². The highest BCUT2D eigenvalue weighted by Gasteiger charge is 2.10. The highest BCUT2D eigenvalue weighted by molar-refractivity contribution is 6.30. The summed E-state index contributed by atoms with van der Waals surface area (Å²) in [6, 6.07) is 8.73. The fourth-order valence-electron chi connectivity index (χ4n) is 1.60. The Balaban J connectivity index is 2.41. The summed E-state index contributed by atoms with van der Waals surface area (Å²) in [5.41, 5.74) is 7.29. The Morgan fingerprint density at radius 2 is 2.00 bits per heavy atom. The standard InChI is InChI=1S/C13H13ClN4O/c1-2-16-12(19)11-7-10(17-13(15)18-11)8-3-5-9(14)6-4-8/h3-7H,2H2,1H3,(H,16,19)(H2,15,17,18). The van der Waals surface area contributed by atoms with Gasteiger partial charge in [-0.25, -0.2) is 9.97 Å². The molecule has 0 aliphatic heterocycles. The maximum atomic E-state index is 11.8. The van der Waals surface area contributed by atoms with Crippen molar-refractivity contribution in [2.75, 3.05) is 12.3 Å². The third-order valence-electron chi connectivity index (χ3n) is 2.45. The monoisotopic (exact) mass is 276 g/mol. The molecule has 5 nitrogen and oxygen atoms in total. The number of hydrogen-bond acceptors (Lipinski definition) is 4. The minimum Gasteiger partial charge on any atom is -0.368 e. The molecule has 2 rings (SSSR count). The molecule has 2 aromatic rings. The van der Waals surface area contributed by atoms with Gasteiger partial charge in [-0.2, -0.15) is 0 Å². The van der Waals surface area contributed by atoms with E-state index >= 15 is 0 Å². The average molecular weight is 277 g/mol. The Morgan fingerprint density at radius 3 is 2.63 bits per heavy atom. The lowest BCUT2D eigenvalue weighted by molar-refractivity contribution is 0.0951. The Morgan fingerprint density at radius 1 is 1.32 bits per heavy atom. The second-order valence-electron chi connectivity index (χ2n) is 3.86. The molecule has 0 unspecified atom stereocenters. The van der Waals surface area contributed by atoms with Gasteiger partial charge in [-0.05, 0) is 25.1 Å². The summed E-state index contributed by atoms with van der Waals surface area (Å²) >= 11 is 5.83. The number of halogens is 1. The molecule has 0 atom stereocenters. The van der Waals surface area contributed by atoms with Crippen molar-refractivity contribution in [3.05, 3.63) is 41.0 Å². The molecule has 98 valence electrons. The molecule has 0 aliphatic rings. The third-order valence-corrected chi connectivity index (χ3v) is 2.71. The Bertz CT molecular complexity index is 598. The molecule has 1 heterocycles. The van der Waals surface area contributed by atoms with Crippen molar-refractivity contribution in [1.82, 2.24) is 15.3 Å². The molecule has 0 saturated carbocycles. The lowest BCUT2D eigenvalue weighted by Crippen LogP contribution is -2.24. The number of nitrogen functional groups attached to an aromatic ring is 1. The fraction of sp³-hybridized carbons (Fsp3) is 0.154. The van der Waals surface area contributed by atoms with Crippen molar-refractivity contribution in [3.63, 3.8) is 0 Å². The maximum absolute atomic E-state index is 11.8. The maximum Gasteiger partial charge on any atom is 0.270 e. The summed E-state index contributed by atoms with van der Waals surface area (Å²) in [7, 11) is 0. The van der Waals surface area contributed by atoms with Crippen LogP contribution >= 0.6 is 11.6 Å². The van der Waals surface area contributed by atoms with E-state index in [-0.39, 0.29) is 17.5 Å². The number of benzene rings is 1. The minimum atomic E-state index is -0.271. The molecule has 6 heteroatoms. The van der Waals surface area contributed by atoms with Gasteiger partial charge in [0, 0.05) is 17.1 Å². The van der Waals surface area contributed by atoms with Crippen LogP contribution in [0.15, 0.2) is 30.3 Å². The molecule has 1 amide bonds. The van der Waals surface area contributed by atoms with Crippen molar-refractivity contribution in [2.45, 2.75) is 6.92 Å². The van der Waals surface area contributed by atoms with E-state index in [1.54, 1.807) is 18.2 Å². The van der Waals surface area contributed by atoms with Gasteiger partial charge in [0.25, 0.3) is 5.91 Å². The fourth-order valence-corrected chi connectivity index (χ4v) is 1.73. The van der Waals surface area contributed by atoms with Crippen LogP contribution in [0.5, 0.6) is 0 Å². The Hall–Kier alpha value is -2.14. The van der Waals surface area contributed by atoms with Gasteiger partial charge in [-0.15, -0.1) is 0 Å². The van der Waals surface area contributed by atoms with Gasteiger partial charge in [0.2, 0.25) is 5.95 Å². The molecule has 1 aromatic carbocycles. The summed E-state index contributed by atoms with van der Waals surface area (Å²) in [6.45, 7) is 2.36. The largest absolute Gasteiger partial charge is 0.368 e. The molecule has 3 N–H and O–H groups in total. The van der Waals surface area contributed by atoms with E-state index in [0.717, 1.165) is 5.56 Å². The summed E-state index contributed by atoms with van der Waals surface area (Å²) in [6.07, 6.45) is 0. The van der Waals surface area contributed by atoms with Crippen LogP contribution in [0.4, 0.5) is 5.95 Å². The highest BCUT2D eigenvalue weighted by Crippen LogP contribution is 2.20. The van der Waals surface area contributed by atoms with Gasteiger partial charge in [-0.3, -0.25) is 4.79 Å². The highest BCUT2D eigenvalue weighted by atomic mass is 35.5. The van der Waals surface area contributed by atoms with Crippen LogP contribution < -0.4 is 11.1 Å². The summed E-state index contributed by atoms with van der Waals surface area (Å²) < 4.78 is 0.